The van der Waals surface area contributed by atoms with Crippen LogP contribution in [-0.2, 0) is 11.3 Å². The Labute approximate surface area is 151 Å². The predicted octanol–water partition coefficient (Wildman–Crippen LogP) is 3.38. The van der Waals surface area contributed by atoms with Crippen molar-refractivity contribution in [2.24, 2.45) is 16.9 Å². The van der Waals surface area contributed by atoms with Crippen LogP contribution in [0, 0.1) is 11.8 Å². The fraction of sp³-hybridized carbons (Fsp3) is 0.667. The lowest BCUT2D eigenvalue weighted by Crippen LogP contribution is -2.43. The highest BCUT2D eigenvalue weighted by Gasteiger charge is 2.40. The fourth-order valence-corrected chi connectivity index (χ4v) is 4.88. The van der Waals surface area contributed by atoms with Gasteiger partial charge in [0, 0.05) is 51.3 Å². The van der Waals surface area contributed by atoms with Gasteiger partial charge in [-0.1, -0.05) is 43.7 Å². The van der Waals surface area contributed by atoms with Gasteiger partial charge < -0.3 is 4.74 Å². The van der Waals surface area contributed by atoms with Crippen molar-refractivity contribution in [3.05, 3.63) is 35.9 Å². The Kier molecular flexibility index (Phi) is 5.37. The number of likely N-dealkylation sites (tertiary alicyclic amines) is 1. The van der Waals surface area contributed by atoms with Crippen LogP contribution in [0.15, 0.2) is 35.4 Å². The highest BCUT2D eigenvalue weighted by molar-refractivity contribution is 5.58. The molecule has 4 rings (SSSR count). The van der Waals surface area contributed by atoms with Gasteiger partial charge in [-0.2, -0.15) is 5.10 Å². The van der Waals surface area contributed by atoms with Crippen LogP contribution >= 0.6 is 0 Å². The van der Waals surface area contributed by atoms with Crippen molar-refractivity contribution < 1.29 is 4.74 Å². The smallest absolute Gasteiger partial charge is 0.0638 e. The topological polar surface area (TPSA) is 28.1 Å². The normalized spacial score (nSPS) is 33.2. The number of ether oxygens (including phenoxy) is 1. The Morgan fingerprint density at radius 2 is 2.08 bits per heavy atom. The zero-order chi connectivity index (χ0) is 17.1. The summed E-state index contributed by atoms with van der Waals surface area (Å²) in [5.74, 6) is 1.43. The van der Waals surface area contributed by atoms with Gasteiger partial charge in [-0.15, -0.1) is 0 Å². The highest BCUT2D eigenvalue weighted by atomic mass is 16.5. The number of hydrazone groups is 1. The van der Waals surface area contributed by atoms with E-state index in [1.165, 1.54) is 25.1 Å². The molecule has 4 atom stereocenters. The lowest BCUT2D eigenvalue weighted by atomic mass is 9.84. The maximum absolute atomic E-state index is 6.28. The Morgan fingerprint density at radius 1 is 1.20 bits per heavy atom. The first-order chi connectivity index (χ1) is 12.3. The standard InChI is InChI=1S/C21H31N3O/c1-2-18-15-23(14-17-7-4-3-5-8-17)16-20(18)21-13-19(9-12-25-21)24-11-6-10-22-24/h3-5,7-8,10,18-21H,2,6,9,11-16H2,1H3/t18-,19?,20-,21?/m1/s1. The van der Waals surface area contributed by atoms with Crippen LogP contribution in [0.3, 0.4) is 0 Å². The molecule has 3 aliphatic rings. The van der Waals surface area contributed by atoms with E-state index in [0.29, 0.717) is 18.1 Å². The first-order valence-electron chi connectivity index (χ1n) is 10.0. The van der Waals surface area contributed by atoms with Gasteiger partial charge in [0.05, 0.1) is 12.1 Å². The maximum Gasteiger partial charge on any atom is 0.0638 e. The molecule has 0 N–H and O–H groups in total. The minimum atomic E-state index is 0.403. The van der Waals surface area contributed by atoms with E-state index in [-0.39, 0.29) is 0 Å². The van der Waals surface area contributed by atoms with E-state index in [9.17, 15) is 0 Å². The summed E-state index contributed by atoms with van der Waals surface area (Å²) >= 11 is 0. The molecule has 0 saturated carbocycles. The molecule has 3 aliphatic heterocycles. The van der Waals surface area contributed by atoms with Crippen molar-refractivity contribution in [1.29, 1.82) is 0 Å². The Balaban J connectivity index is 1.39. The van der Waals surface area contributed by atoms with Crippen LogP contribution in [0.1, 0.15) is 38.2 Å². The van der Waals surface area contributed by atoms with Crippen LogP contribution in [0.4, 0.5) is 0 Å². The number of hydrogen-bond donors (Lipinski definition) is 0. The number of hydrogen-bond acceptors (Lipinski definition) is 4. The SMILES string of the molecule is CC[C@@H]1CN(Cc2ccccc2)C[C@H]1C1CC(N2CCC=N2)CCO1. The van der Waals surface area contributed by atoms with Gasteiger partial charge in [-0.25, -0.2) is 0 Å². The maximum atomic E-state index is 6.28. The molecular weight excluding hydrogens is 310 g/mol. The summed E-state index contributed by atoms with van der Waals surface area (Å²) in [4.78, 5) is 2.63. The van der Waals surface area contributed by atoms with Gasteiger partial charge in [0.2, 0.25) is 0 Å². The molecule has 0 bridgehead atoms. The van der Waals surface area contributed by atoms with Crippen molar-refractivity contribution >= 4 is 6.21 Å². The molecule has 2 fully saturated rings. The van der Waals surface area contributed by atoms with E-state index < -0.39 is 0 Å². The Morgan fingerprint density at radius 3 is 2.84 bits per heavy atom. The largest absolute Gasteiger partial charge is 0.378 e. The van der Waals surface area contributed by atoms with Crippen molar-refractivity contribution in [3.8, 4) is 0 Å². The second kappa shape index (κ2) is 7.88. The zero-order valence-electron chi connectivity index (χ0n) is 15.4. The zero-order valence-corrected chi connectivity index (χ0v) is 15.4. The molecule has 3 heterocycles. The van der Waals surface area contributed by atoms with Crippen molar-refractivity contribution in [2.75, 3.05) is 26.2 Å². The first kappa shape index (κ1) is 17.0. The molecular formula is C21H31N3O. The third-order valence-corrected chi connectivity index (χ3v) is 6.24. The van der Waals surface area contributed by atoms with Gasteiger partial charge in [0.1, 0.15) is 0 Å². The van der Waals surface area contributed by atoms with E-state index in [0.717, 1.165) is 44.9 Å². The summed E-state index contributed by atoms with van der Waals surface area (Å²) in [6.45, 7) is 7.79. The highest BCUT2D eigenvalue weighted by Crippen LogP contribution is 2.36. The molecule has 0 amide bonds. The molecule has 1 aromatic carbocycles. The summed E-state index contributed by atoms with van der Waals surface area (Å²) in [6.07, 6.45) is 7.11. The molecule has 25 heavy (non-hydrogen) atoms. The molecule has 2 saturated heterocycles. The van der Waals surface area contributed by atoms with Gasteiger partial charge in [-0.3, -0.25) is 9.91 Å². The molecule has 0 spiro atoms. The molecule has 0 aromatic heterocycles. The Hall–Kier alpha value is -1.39. The number of benzene rings is 1. The summed E-state index contributed by atoms with van der Waals surface area (Å²) in [5, 5.41) is 6.89. The van der Waals surface area contributed by atoms with Gasteiger partial charge in [-0.05, 0) is 24.3 Å². The first-order valence-corrected chi connectivity index (χ1v) is 10.0. The summed E-state index contributed by atoms with van der Waals surface area (Å²) in [6, 6.07) is 11.5. The average Bonchev–Trinajstić information content (AvgIpc) is 3.32. The summed E-state index contributed by atoms with van der Waals surface area (Å²) < 4.78 is 6.28. The van der Waals surface area contributed by atoms with E-state index in [1.807, 2.05) is 0 Å². The second-order valence-corrected chi connectivity index (χ2v) is 7.85. The second-order valence-electron chi connectivity index (χ2n) is 7.85. The van der Waals surface area contributed by atoms with Gasteiger partial charge in [0.25, 0.3) is 0 Å². The van der Waals surface area contributed by atoms with Crippen molar-refractivity contribution in [1.82, 2.24) is 9.91 Å². The molecule has 4 heteroatoms. The lowest BCUT2D eigenvalue weighted by Gasteiger charge is -2.38. The number of nitrogens with zero attached hydrogens (tertiary/aromatic N) is 3. The van der Waals surface area contributed by atoms with E-state index in [4.69, 9.17) is 4.74 Å². The third kappa shape index (κ3) is 3.90. The molecule has 1 aromatic rings. The van der Waals surface area contributed by atoms with Gasteiger partial charge >= 0.3 is 0 Å². The van der Waals surface area contributed by atoms with Crippen LogP contribution < -0.4 is 0 Å². The lowest BCUT2D eigenvalue weighted by molar-refractivity contribution is -0.0595. The summed E-state index contributed by atoms with van der Waals surface area (Å²) in [5.41, 5.74) is 1.42. The molecule has 2 unspecified atom stereocenters. The molecule has 0 radical (unpaired) electrons. The third-order valence-electron chi connectivity index (χ3n) is 6.24. The molecule has 4 nitrogen and oxygen atoms in total. The van der Waals surface area contributed by atoms with Crippen LogP contribution in [0.25, 0.3) is 0 Å². The van der Waals surface area contributed by atoms with Gasteiger partial charge in [0.15, 0.2) is 0 Å². The van der Waals surface area contributed by atoms with Crippen LogP contribution in [-0.4, -0.2) is 54.5 Å². The molecule has 0 aliphatic carbocycles. The number of rotatable bonds is 5. The quantitative estimate of drug-likeness (QED) is 0.822. The Bertz CT molecular complexity index is 576. The van der Waals surface area contributed by atoms with E-state index >= 15 is 0 Å². The monoisotopic (exact) mass is 341 g/mol. The minimum Gasteiger partial charge on any atom is -0.378 e. The molecule has 136 valence electrons. The van der Waals surface area contributed by atoms with Crippen molar-refractivity contribution in [3.63, 3.8) is 0 Å². The fourth-order valence-electron chi connectivity index (χ4n) is 4.88. The van der Waals surface area contributed by atoms with E-state index in [1.54, 1.807) is 0 Å². The predicted molar refractivity (Wildman–Crippen MR) is 102 cm³/mol. The average molecular weight is 341 g/mol. The van der Waals surface area contributed by atoms with Crippen LogP contribution in [0.5, 0.6) is 0 Å². The van der Waals surface area contributed by atoms with E-state index in [2.05, 4.69) is 58.5 Å². The summed E-state index contributed by atoms with van der Waals surface area (Å²) in [7, 11) is 0. The van der Waals surface area contributed by atoms with Crippen LogP contribution in [0.2, 0.25) is 0 Å². The van der Waals surface area contributed by atoms with Crippen molar-refractivity contribution in [2.45, 2.75) is 51.3 Å². The minimum absolute atomic E-state index is 0.403.